The van der Waals surface area contributed by atoms with Crippen LogP contribution in [0, 0.1) is 0 Å². The normalized spacial score (nSPS) is 12.1. The van der Waals surface area contributed by atoms with Gasteiger partial charge in [-0.05, 0) is 36.4 Å². The second-order valence-electron chi connectivity index (χ2n) is 7.71. The van der Waals surface area contributed by atoms with Gasteiger partial charge in [-0.1, -0.05) is 71.9 Å². The molecule has 0 amide bonds. The van der Waals surface area contributed by atoms with Gasteiger partial charge in [0.05, 0.1) is 26.8 Å². The van der Waals surface area contributed by atoms with Crippen molar-refractivity contribution in [1.82, 2.24) is 14.6 Å². The summed E-state index contributed by atoms with van der Waals surface area (Å²) >= 11 is 7.67. The first kappa shape index (κ1) is 23.4. The summed E-state index contributed by atoms with van der Waals surface area (Å²) in [6.45, 7) is 0.158. The van der Waals surface area contributed by atoms with Crippen LogP contribution in [0.4, 0.5) is 0 Å². The predicted octanol–water partition coefficient (Wildman–Crippen LogP) is 6.27. The summed E-state index contributed by atoms with van der Waals surface area (Å²) in [6, 6.07) is 26.7. The number of aliphatic hydroxyl groups is 1. The molecule has 5 aromatic rings. The third kappa shape index (κ3) is 5.04. The van der Waals surface area contributed by atoms with Crippen LogP contribution in [-0.4, -0.2) is 33.6 Å². The summed E-state index contributed by atoms with van der Waals surface area (Å²) in [7, 11) is 1.58. The van der Waals surface area contributed by atoms with E-state index in [9.17, 15) is 5.11 Å². The molecular weight excluding hydrogens is 482 g/mol. The molecule has 5 rings (SSSR count). The van der Waals surface area contributed by atoms with Gasteiger partial charge in [0.15, 0.2) is 6.79 Å². The average molecular weight is 504 g/mol. The zero-order valence-corrected chi connectivity index (χ0v) is 20.4. The van der Waals surface area contributed by atoms with Gasteiger partial charge in [-0.15, -0.1) is 0 Å². The standard InChI is InChI=1S/C27H22ClN3O3S/c1-33-17-34-22-11-5-6-12-23(22)35-24-13-7-10-20(29-24)27(32)25-21-15-14-19(28)16-31(21)30-26(25)18-8-3-2-4-9-18/h2-16,27,32H,17H2,1H3. The molecule has 35 heavy (non-hydrogen) atoms. The highest BCUT2D eigenvalue weighted by Gasteiger charge is 2.24. The number of methoxy groups -OCH3 is 1. The van der Waals surface area contributed by atoms with Gasteiger partial charge in [0.1, 0.15) is 16.9 Å². The van der Waals surface area contributed by atoms with Crippen molar-refractivity contribution < 1.29 is 14.6 Å². The summed E-state index contributed by atoms with van der Waals surface area (Å²) < 4.78 is 12.4. The van der Waals surface area contributed by atoms with Crippen molar-refractivity contribution >= 4 is 28.9 Å². The van der Waals surface area contributed by atoms with Crippen LogP contribution in [0.15, 0.2) is 101 Å². The first-order valence-electron chi connectivity index (χ1n) is 10.9. The molecule has 6 nitrogen and oxygen atoms in total. The molecule has 0 radical (unpaired) electrons. The van der Waals surface area contributed by atoms with Crippen LogP contribution in [0.1, 0.15) is 17.4 Å². The fraction of sp³-hybridized carbons (Fsp3) is 0.111. The van der Waals surface area contributed by atoms with Crippen molar-refractivity contribution in [3.63, 3.8) is 0 Å². The Morgan fingerprint density at radius 1 is 0.971 bits per heavy atom. The average Bonchev–Trinajstić information content (AvgIpc) is 3.27. The fourth-order valence-corrected chi connectivity index (χ4v) is 4.85. The molecule has 0 aliphatic heterocycles. The minimum absolute atomic E-state index is 0.158. The largest absolute Gasteiger partial charge is 0.466 e. The van der Waals surface area contributed by atoms with Crippen molar-refractivity contribution in [2.75, 3.05) is 13.9 Å². The number of pyridine rings is 2. The summed E-state index contributed by atoms with van der Waals surface area (Å²) in [4.78, 5) is 5.67. The molecule has 0 bridgehead atoms. The van der Waals surface area contributed by atoms with Crippen molar-refractivity contribution in [3.8, 4) is 17.0 Å². The molecule has 0 aliphatic carbocycles. The van der Waals surface area contributed by atoms with Crippen molar-refractivity contribution in [1.29, 1.82) is 0 Å². The van der Waals surface area contributed by atoms with Crippen LogP contribution in [0.25, 0.3) is 16.8 Å². The topological polar surface area (TPSA) is 68.9 Å². The lowest BCUT2D eigenvalue weighted by Gasteiger charge is -2.14. The molecule has 0 aliphatic rings. The fourth-order valence-electron chi connectivity index (χ4n) is 3.80. The maximum Gasteiger partial charge on any atom is 0.188 e. The van der Waals surface area contributed by atoms with Crippen LogP contribution < -0.4 is 4.74 Å². The highest BCUT2D eigenvalue weighted by molar-refractivity contribution is 7.99. The number of fused-ring (bicyclic) bond motifs is 1. The molecule has 1 atom stereocenters. The summed E-state index contributed by atoms with van der Waals surface area (Å²) in [5.41, 5.74) is 3.53. The second-order valence-corrected chi connectivity index (χ2v) is 9.21. The number of ether oxygens (including phenoxy) is 2. The van der Waals surface area contributed by atoms with Crippen LogP contribution in [-0.2, 0) is 4.74 Å². The molecule has 2 aromatic carbocycles. The Morgan fingerprint density at radius 3 is 2.60 bits per heavy atom. The Kier molecular flexibility index (Phi) is 7.01. The lowest BCUT2D eigenvalue weighted by atomic mass is 10.00. The van der Waals surface area contributed by atoms with Gasteiger partial charge in [-0.3, -0.25) is 0 Å². The highest BCUT2D eigenvalue weighted by atomic mass is 35.5. The van der Waals surface area contributed by atoms with E-state index in [4.69, 9.17) is 31.2 Å². The van der Waals surface area contributed by atoms with Crippen LogP contribution in [0.3, 0.4) is 0 Å². The maximum absolute atomic E-state index is 11.6. The maximum atomic E-state index is 11.6. The van der Waals surface area contributed by atoms with Gasteiger partial charge in [0, 0.05) is 24.4 Å². The number of nitrogens with zero attached hydrogens (tertiary/aromatic N) is 3. The van der Waals surface area contributed by atoms with E-state index in [0.29, 0.717) is 27.7 Å². The molecule has 0 saturated carbocycles. The number of hydrogen-bond donors (Lipinski definition) is 1. The lowest BCUT2D eigenvalue weighted by Crippen LogP contribution is -2.04. The number of benzene rings is 2. The summed E-state index contributed by atoms with van der Waals surface area (Å²) in [6.07, 6.45) is 0.736. The van der Waals surface area contributed by atoms with Gasteiger partial charge in [0.25, 0.3) is 0 Å². The smallest absolute Gasteiger partial charge is 0.188 e. The second kappa shape index (κ2) is 10.5. The number of aliphatic hydroxyl groups excluding tert-OH is 1. The Labute approximate surface area is 212 Å². The molecule has 8 heteroatoms. The van der Waals surface area contributed by atoms with E-state index >= 15 is 0 Å². The minimum Gasteiger partial charge on any atom is -0.466 e. The van der Waals surface area contributed by atoms with E-state index in [2.05, 4.69) is 0 Å². The van der Waals surface area contributed by atoms with Crippen molar-refractivity contribution in [2.24, 2.45) is 0 Å². The van der Waals surface area contributed by atoms with Crippen LogP contribution in [0.5, 0.6) is 5.75 Å². The Balaban J connectivity index is 1.53. The monoisotopic (exact) mass is 503 g/mol. The van der Waals surface area contributed by atoms with Gasteiger partial charge >= 0.3 is 0 Å². The number of hydrogen-bond acceptors (Lipinski definition) is 6. The Bertz CT molecular complexity index is 1460. The molecule has 176 valence electrons. The minimum atomic E-state index is -0.996. The third-order valence-corrected chi connectivity index (χ3v) is 6.59. The zero-order chi connectivity index (χ0) is 24.2. The molecule has 1 N–H and O–H groups in total. The van der Waals surface area contributed by atoms with Gasteiger partial charge in [-0.25, -0.2) is 9.50 Å². The highest BCUT2D eigenvalue weighted by Crippen LogP contribution is 2.37. The Morgan fingerprint density at radius 2 is 1.77 bits per heavy atom. The first-order chi connectivity index (χ1) is 17.1. The van der Waals surface area contributed by atoms with Gasteiger partial charge in [0.2, 0.25) is 0 Å². The molecule has 0 spiro atoms. The molecule has 0 fully saturated rings. The van der Waals surface area contributed by atoms with Gasteiger partial charge < -0.3 is 14.6 Å². The zero-order valence-electron chi connectivity index (χ0n) is 18.8. The van der Waals surface area contributed by atoms with E-state index < -0.39 is 6.10 Å². The summed E-state index contributed by atoms with van der Waals surface area (Å²) in [5.74, 6) is 0.706. The third-order valence-electron chi connectivity index (χ3n) is 5.37. The molecule has 1 unspecified atom stereocenters. The molecule has 0 saturated heterocycles. The molecule has 3 heterocycles. The van der Waals surface area contributed by atoms with Crippen LogP contribution in [0.2, 0.25) is 5.02 Å². The number of halogens is 1. The predicted molar refractivity (Wildman–Crippen MR) is 137 cm³/mol. The van der Waals surface area contributed by atoms with E-state index in [1.54, 1.807) is 23.9 Å². The van der Waals surface area contributed by atoms with Crippen LogP contribution >= 0.6 is 23.4 Å². The number of para-hydroxylation sites is 1. The summed E-state index contributed by atoms with van der Waals surface area (Å²) in [5, 5.41) is 17.6. The van der Waals surface area contributed by atoms with E-state index in [0.717, 1.165) is 21.0 Å². The SMILES string of the molecule is COCOc1ccccc1Sc1cccc(C(O)c2c(-c3ccccc3)nn3cc(Cl)ccc23)n1. The van der Waals surface area contributed by atoms with Crippen molar-refractivity contribution in [2.45, 2.75) is 16.0 Å². The van der Waals surface area contributed by atoms with E-state index in [1.807, 2.05) is 78.9 Å². The van der Waals surface area contributed by atoms with Gasteiger partial charge in [-0.2, -0.15) is 5.10 Å². The number of rotatable bonds is 8. The lowest BCUT2D eigenvalue weighted by molar-refractivity contribution is 0.0491. The van der Waals surface area contributed by atoms with E-state index in [1.165, 1.54) is 11.8 Å². The molecular formula is C27H22ClN3O3S. The number of aromatic nitrogens is 3. The van der Waals surface area contributed by atoms with E-state index in [-0.39, 0.29) is 6.79 Å². The Hall–Kier alpha value is -3.36. The first-order valence-corrected chi connectivity index (χ1v) is 12.1. The van der Waals surface area contributed by atoms with Crippen molar-refractivity contribution in [3.05, 3.63) is 107 Å². The molecule has 3 aromatic heterocycles. The quantitative estimate of drug-likeness (QED) is 0.252.